The fraction of sp³-hybridized carbons (Fsp3) is 0.538. The van der Waals surface area contributed by atoms with Crippen LogP contribution >= 0.6 is 11.6 Å². The van der Waals surface area contributed by atoms with Crippen LogP contribution < -0.4 is 10.1 Å². The molecule has 0 aromatic heterocycles. The first-order valence-corrected chi connectivity index (χ1v) is 6.38. The highest BCUT2D eigenvalue weighted by atomic mass is 35.5. The van der Waals surface area contributed by atoms with Gasteiger partial charge in [0.1, 0.15) is 5.75 Å². The quantitative estimate of drug-likeness (QED) is 0.872. The van der Waals surface area contributed by atoms with Gasteiger partial charge in [-0.3, -0.25) is 0 Å². The number of hydrogen-bond donors (Lipinski definition) is 2. The van der Waals surface area contributed by atoms with E-state index in [1.807, 2.05) is 25.1 Å². The minimum atomic E-state index is 0.0740. The molecule has 1 aliphatic rings. The van der Waals surface area contributed by atoms with E-state index in [-0.39, 0.29) is 18.7 Å². The lowest BCUT2D eigenvalue weighted by atomic mass is 10.0. The van der Waals surface area contributed by atoms with E-state index in [4.69, 9.17) is 21.4 Å². The first-order chi connectivity index (χ1) is 8.22. The first-order valence-electron chi connectivity index (χ1n) is 6.00. The summed E-state index contributed by atoms with van der Waals surface area (Å²) < 4.78 is 5.69. The Labute approximate surface area is 107 Å². The SMILES string of the molecule is CC(CO)NC1CCCOc2c(Cl)cccc21. The molecule has 17 heavy (non-hydrogen) atoms. The van der Waals surface area contributed by atoms with Crippen LogP contribution in [-0.4, -0.2) is 24.4 Å². The van der Waals surface area contributed by atoms with Gasteiger partial charge in [-0.2, -0.15) is 0 Å². The van der Waals surface area contributed by atoms with Crippen molar-refractivity contribution in [3.8, 4) is 5.75 Å². The van der Waals surface area contributed by atoms with E-state index in [0.29, 0.717) is 11.6 Å². The number of halogens is 1. The number of ether oxygens (including phenoxy) is 1. The van der Waals surface area contributed by atoms with Crippen molar-refractivity contribution in [3.63, 3.8) is 0 Å². The van der Waals surface area contributed by atoms with E-state index < -0.39 is 0 Å². The lowest BCUT2D eigenvalue weighted by Gasteiger charge is -2.22. The number of aliphatic hydroxyl groups is 1. The first kappa shape index (κ1) is 12.7. The van der Waals surface area contributed by atoms with Gasteiger partial charge < -0.3 is 15.2 Å². The molecule has 1 aromatic carbocycles. The number of nitrogens with one attached hydrogen (secondary N) is 1. The number of rotatable bonds is 3. The van der Waals surface area contributed by atoms with E-state index >= 15 is 0 Å². The van der Waals surface area contributed by atoms with E-state index in [2.05, 4.69) is 5.32 Å². The molecule has 2 atom stereocenters. The minimum Gasteiger partial charge on any atom is -0.492 e. The zero-order chi connectivity index (χ0) is 12.3. The van der Waals surface area contributed by atoms with Crippen molar-refractivity contribution >= 4 is 11.6 Å². The molecule has 94 valence electrons. The number of para-hydroxylation sites is 1. The van der Waals surface area contributed by atoms with Gasteiger partial charge in [-0.25, -0.2) is 0 Å². The van der Waals surface area contributed by atoms with Crippen LogP contribution in [0.15, 0.2) is 18.2 Å². The fourth-order valence-corrected chi connectivity index (χ4v) is 2.38. The third-order valence-corrected chi connectivity index (χ3v) is 3.31. The molecular formula is C13H18ClNO2. The van der Waals surface area contributed by atoms with Crippen LogP contribution in [-0.2, 0) is 0 Å². The average molecular weight is 256 g/mol. The monoisotopic (exact) mass is 255 g/mol. The van der Waals surface area contributed by atoms with E-state index in [1.54, 1.807) is 0 Å². The molecule has 0 fully saturated rings. The van der Waals surface area contributed by atoms with Gasteiger partial charge in [0.25, 0.3) is 0 Å². The van der Waals surface area contributed by atoms with Gasteiger partial charge in [-0.05, 0) is 25.8 Å². The summed E-state index contributed by atoms with van der Waals surface area (Å²) in [5.74, 6) is 0.786. The van der Waals surface area contributed by atoms with Crippen molar-refractivity contribution in [1.82, 2.24) is 5.32 Å². The summed E-state index contributed by atoms with van der Waals surface area (Å²) in [5, 5.41) is 13.2. The van der Waals surface area contributed by atoms with Crippen LogP contribution in [0, 0.1) is 0 Å². The second-order valence-electron chi connectivity index (χ2n) is 4.45. The van der Waals surface area contributed by atoms with Crippen LogP contribution in [0.3, 0.4) is 0 Å². The third kappa shape index (κ3) is 2.92. The van der Waals surface area contributed by atoms with Crippen LogP contribution in [0.5, 0.6) is 5.75 Å². The summed E-state index contributed by atoms with van der Waals surface area (Å²) in [6, 6.07) is 6.10. The Hall–Kier alpha value is -0.770. The largest absolute Gasteiger partial charge is 0.492 e. The zero-order valence-electron chi connectivity index (χ0n) is 9.95. The molecular weight excluding hydrogens is 238 g/mol. The molecule has 0 saturated carbocycles. The molecule has 3 nitrogen and oxygen atoms in total. The van der Waals surface area contributed by atoms with Gasteiger partial charge in [0.2, 0.25) is 0 Å². The molecule has 0 bridgehead atoms. The Balaban J connectivity index is 2.27. The van der Waals surface area contributed by atoms with Crippen LogP contribution in [0.4, 0.5) is 0 Å². The number of benzene rings is 1. The Kier molecular flexibility index (Phi) is 4.26. The van der Waals surface area contributed by atoms with Crippen molar-refractivity contribution in [2.75, 3.05) is 13.2 Å². The standard InChI is InChI=1S/C13H18ClNO2/c1-9(8-16)15-12-6-3-7-17-13-10(12)4-2-5-11(13)14/h2,4-5,9,12,15-16H,3,6-8H2,1H3. The lowest BCUT2D eigenvalue weighted by Crippen LogP contribution is -2.33. The van der Waals surface area contributed by atoms with Gasteiger partial charge >= 0.3 is 0 Å². The van der Waals surface area contributed by atoms with Crippen LogP contribution in [0.25, 0.3) is 0 Å². The van der Waals surface area contributed by atoms with Gasteiger partial charge in [-0.15, -0.1) is 0 Å². The molecule has 2 rings (SSSR count). The molecule has 0 aliphatic carbocycles. The second kappa shape index (κ2) is 5.71. The van der Waals surface area contributed by atoms with Crippen molar-refractivity contribution < 1.29 is 9.84 Å². The van der Waals surface area contributed by atoms with Gasteiger partial charge in [-0.1, -0.05) is 23.7 Å². The van der Waals surface area contributed by atoms with Gasteiger partial charge in [0, 0.05) is 17.6 Å². The Bertz CT molecular complexity index is 384. The molecule has 0 spiro atoms. The summed E-state index contributed by atoms with van der Waals surface area (Å²) in [6.45, 7) is 2.80. The van der Waals surface area contributed by atoms with Gasteiger partial charge in [0.15, 0.2) is 0 Å². The molecule has 1 aromatic rings. The molecule has 0 saturated heterocycles. The molecule has 1 aliphatic heterocycles. The molecule has 2 unspecified atom stereocenters. The molecule has 4 heteroatoms. The maximum Gasteiger partial charge on any atom is 0.142 e. The maximum absolute atomic E-state index is 9.12. The topological polar surface area (TPSA) is 41.5 Å². The number of hydrogen-bond acceptors (Lipinski definition) is 3. The predicted molar refractivity (Wildman–Crippen MR) is 68.6 cm³/mol. The highest BCUT2D eigenvalue weighted by Gasteiger charge is 2.22. The van der Waals surface area contributed by atoms with Crippen molar-refractivity contribution in [2.24, 2.45) is 0 Å². The van der Waals surface area contributed by atoms with Gasteiger partial charge in [0.05, 0.1) is 18.2 Å². The van der Waals surface area contributed by atoms with E-state index in [1.165, 1.54) is 0 Å². The third-order valence-electron chi connectivity index (χ3n) is 3.02. The highest BCUT2D eigenvalue weighted by molar-refractivity contribution is 6.32. The smallest absolute Gasteiger partial charge is 0.142 e. The molecule has 1 heterocycles. The summed E-state index contributed by atoms with van der Waals surface area (Å²) in [4.78, 5) is 0. The molecule has 2 N–H and O–H groups in total. The number of fused-ring (bicyclic) bond motifs is 1. The van der Waals surface area contributed by atoms with Crippen LogP contribution in [0.2, 0.25) is 5.02 Å². The highest BCUT2D eigenvalue weighted by Crippen LogP contribution is 2.36. The Morgan fingerprint density at radius 3 is 3.18 bits per heavy atom. The van der Waals surface area contributed by atoms with E-state index in [0.717, 1.165) is 24.2 Å². The summed E-state index contributed by atoms with van der Waals surface area (Å²) in [6.07, 6.45) is 1.98. The Morgan fingerprint density at radius 2 is 2.41 bits per heavy atom. The average Bonchev–Trinajstić information content (AvgIpc) is 2.53. The second-order valence-corrected chi connectivity index (χ2v) is 4.86. The fourth-order valence-electron chi connectivity index (χ4n) is 2.14. The summed E-state index contributed by atoms with van der Waals surface area (Å²) in [5.41, 5.74) is 1.09. The summed E-state index contributed by atoms with van der Waals surface area (Å²) in [7, 11) is 0. The van der Waals surface area contributed by atoms with Crippen molar-refractivity contribution in [3.05, 3.63) is 28.8 Å². The summed E-state index contributed by atoms with van der Waals surface area (Å²) >= 11 is 6.15. The molecule has 0 amide bonds. The normalized spacial score (nSPS) is 21.2. The van der Waals surface area contributed by atoms with E-state index in [9.17, 15) is 0 Å². The van der Waals surface area contributed by atoms with Crippen molar-refractivity contribution in [1.29, 1.82) is 0 Å². The predicted octanol–water partition coefficient (Wildman–Crippen LogP) is 2.52. The van der Waals surface area contributed by atoms with Crippen LogP contribution in [0.1, 0.15) is 31.4 Å². The maximum atomic E-state index is 9.12. The lowest BCUT2D eigenvalue weighted by molar-refractivity contribution is 0.238. The minimum absolute atomic E-state index is 0.0740. The molecule has 0 radical (unpaired) electrons. The number of aliphatic hydroxyl groups excluding tert-OH is 1. The Morgan fingerprint density at radius 1 is 1.59 bits per heavy atom. The zero-order valence-corrected chi connectivity index (χ0v) is 10.7. The van der Waals surface area contributed by atoms with Crippen molar-refractivity contribution in [2.45, 2.75) is 31.8 Å².